The predicted octanol–water partition coefficient (Wildman–Crippen LogP) is 4.59. The van der Waals surface area contributed by atoms with Crippen molar-refractivity contribution in [2.24, 2.45) is 16.8 Å². The van der Waals surface area contributed by atoms with E-state index in [1.807, 2.05) is 0 Å². The Hall–Kier alpha value is -2.66. The minimum absolute atomic E-state index is 0.132. The number of esters is 1. The van der Waals surface area contributed by atoms with Crippen LogP contribution in [-0.2, 0) is 14.3 Å². The molecule has 7 nitrogen and oxygen atoms in total. The number of aliphatic carboxylic acids is 1. The lowest BCUT2D eigenvalue weighted by Crippen LogP contribution is -2.38. The third-order valence-electron chi connectivity index (χ3n) is 5.96. The Bertz CT molecular complexity index is 1140. The summed E-state index contributed by atoms with van der Waals surface area (Å²) in [7, 11) is 1.24. The van der Waals surface area contributed by atoms with E-state index in [-0.39, 0.29) is 21.5 Å². The molecule has 0 unspecified atom stereocenters. The van der Waals surface area contributed by atoms with Gasteiger partial charge in [-0.2, -0.15) is 0 Å². The van der Waals surface area contributed by atoms with Crippen molar-refractivity contribution in [1.82, 2.24) is 10.3 Å². The van der Waals surface area contributed by atoms with Crippen LogP contribution < -0.4 is 5.32 Å². The van der Waals surface area contributed by atoms with Crippen LogP contribution in [0.15, 0.2) is 44.4 Å². The number of hydrogen-bond donors (Lipinski definition) is 2. The molecule has 2 aliphatic rings. The fraction of sp³-hybridized carbons (Fsp3) is 0.364. The molecule has 0 saturated heterocycles. The van der Waals surface area contributed by atoms with Crippen LogP contribution in [-0.4, -0.2) is 35.0 Å². The predicted molar refractivity (Wildman–Crippen MR) is 121 cm³/mol. The van der Waals surface area contributed by atoms with Gasteiger partial charge in [0, 0.05) is 17.3 Å². The Morgan fingerprint density at radius 1 is 1.24 bits per heavy atom. The first-order valence-corrected chi connectivity index (χ1v) is 11.9. The zero-order valence-electron chi connectivity index (χ0n) is 17.5. The van der Waals surface area contributed by atoms with Crippen molar-refractivity contribution >= 4 is 45.0 Å². The molecule has 1 aromatic carbocycles. The molecule has 1 saturated carbocycles. The van der Waals surface area contributed by atoms with E-state index in [1.54, 1.807) is 11.6 Å². The van der Waals surface area contributed by atoms with Crippen LogP contribution in [0.3, 0.4) is 0 Å². The molecule has 2 N–H and O–H groups in total. The normalized spacial score (nSPS) is 23.0. The highest BCUT2D eigenvalue weighted by Crippen LogP contribution is 2.42. The number of carboxylic acid groups (broad SMARTS) is 1. The number of rotatable bonds is 5. The molecule has 0 amide bonds. The van der Waals surface area contributed by atoms with Gasteiger partial charge in [0.25, 0.3) is 0 Å². The smallest absolute Gasteiger partial charge is 0.338 e. The van der Waals surface area contributed by atoms with Crippen molar-refractivity contribution in [1.29, 1.82) is 0 Å². The Labute approximate surface area is 200 Å². The molecule has 1 atom stereocenters. The number of amidine groups is 1. The molecule has 1 aliphatic heterocycles. The van der Waals surface area contributed by atoms with Crippen LogP contribution in [0.5, 0.6) is 0 Å². The van der Waals surface area contributed by atoms with Gasteiger partial charge in [0.05, 0.1) is 23.1 Å². The number of aliphatic imine (C=N–C) groups is 1. The number of halogens is 3. The van der Waals surface area contributed by atoms with Crippen molar-refractivity contribution in [2.75, 3.05) is 7.11 Å². The fourth-order valence-corrected chi connectivity index (χ4v) is 5.40. The molecular weight excluding hydrogens is 520 g/mol. The highest BCUT2D eigenvalue weighted by atomic mass is 79.9. The summed E-state index contributed by atoms with van der Waals surface area (Å²) in [6.07, 6.45) is 3.61. The molecule has 4 rings (SSSR count). The number of carboxylic acids is 1. The third-order valence-corrected chi connectivity index (χ3v) is 7.55. The molecular formula is C22H20BrF2N3O4S. The molecule has 33 heavy (non-hydrogen) atoms. The molecule has 174 valence electrons. The number of nitrogens with one attached hydrogen (secondary N) is 1. The van der Waals surface area contributed by atoms with Crippen LogP contribution in [0.1, 0.15) is 42.3 Å². The summed E-state index contributed by atoms with van der Waals surface area (Å²) < 4.78 is 33.1. The minimum Gasteiger partial charge on any atom is -0.481 e. The van der Waals surface area contributed by atoms with Gasteiger partial charge in [0.1, 0.15) is 6.04 Å². The monoisotopic (exact) mass is 539 g/mol. The highest BCUT2D eigenvalue weighted by molar-refractivity contribution is 9.10. The quantitative estimate of drug-likeness (QED) is 0.425. The van der Waals surface area contributed by atoms with Crippen LogP contribution in [0, 0.1) is 23.5 Å². The number of carbonyl (C=O) groups excluding carboxylic acids is 1. The topological polar surface area (TPSA) is 101 Å². The second kappa shape index (κ2) is 9.68. The Balaban J connectivity index is 1.85. The van der Waals surface area contributed by atoms with E-state index in [4.69, 9.17) is 4.74 Å². The average molecular weight is 540 g/mol. The molecule has 11 heteroatoms. The molecule has 1 aromatic heterocycles. The average Bonchev–Trinajstić information content (AvgIpc) is 3.36. The van der Waals surface area contributed by atoms with Crippen molar-refractivity contribution in [3.05, 3.63) is 61.7 Å². The van der Waals surface area contributed by atoms with E-state index in [2.05, 4.69) is 31.2 Å². The minimum atomic E-state index is -1.08. The maximum atomic E-state index is 14.4. The highest BCUT2D eigenvalue weighted by Gasteiger charge is 2.38. The summed E-state index contributed by atoms with van der Waals surface area (Å²) in [5.74, 6) is -3.79. The first kappa shape index (κ1) is 23.5. The Morgan fingerprint density at radius 2 is 1.97 bits per heavy atom. The molecule has 1 fully saturated rings. The van der Waals surface area contributed by atoms with E-state index in [0.717, 1.165) is 6.07 Å². The number of nitrogens with zero attached hydrogens (tertiary/aromatic N) is 2. The van der Waals surface area contributed by atoms with E-state index >= 15 is 0 Å². The lowest BCUT2D eigenvalue weighted by molar-refractivity contribution is -0.143. The number of benzene rings is 1. The van der Waals surface area contributed by atoms with E-state index < -0.39 is 35.5 Å². The number of hydrogen-bond acceptors (Lipinski definition) is 7. The Kier molecular flexibility index (Phi) is 6.89. The summed E-state index contributed by atoms with van der Waals surface area (Å²) in [6.45, 7) is 0. The number of allylic oxidation sites excluding steroid dienone is 1. The number of aromatic nitrogens is 1. The van der Waals surface area contributed by atoms with Gasteiger partial charge in [-0.25, -0.2) is 18.6 Å². The second-order valence-corrected chi connectivity index (χ2v) is 9.50. The van der Waals surface area contributed by atoms with Gasteiger partial charge in [0.15, 0.2) is 22.5 Å². The van der Waals surface area contributed by atoms with E-state index in [9.17, 15) is 23.5 Å². The molecule has 1 aliphatic carbocycles. The second-order valence-electron chi connectivity index (χ2n) is 7.81. The number of ether oxygens (including phenoxy) is 1. The SMILES string of the molecule is COC(=O)C1=C(C2CCC(C(=O)O)CC2)NC(c2nccs2)=N[C@@H]1c1ccc(F)c(F)c1Br. The van der Waals surface area contributed by atoms with Crippen molar-refractivity contribution in [3.8, 4) is 0 Å². The summed E-state index contributed by atoms with van der Waals surface area (Å²) in [5.41, 5.74) is 0.998. The maximum Gasteiger partial charge on any atom is 0.338 e. The van der Waals surface area contributed by atoms with Crippen LogP contribution in [0.2, 0.25) is 0 Å². The van der Waals surface area contributed by atoms with Gasteiger partial charge < -0.3 is 15.2 Å². The molecule has 2 heterocycles. The van der Waals surface area contributed by atoms with Gasteiger partial charge in [-0.1, -0.05) is 6.07 Å². The standard InChI is InChI=1S/C22H20BrF2N3O4S/c1-32-22(31)14-17(10-2-4-11(5-3-10)21(29)30)27-19(20-26-8-9-33-20)28-18(14)12-6-7-13(24)16(25)15(12)23/h6-11,18H,2-5H2,1H3,(H,27,28)(H,29,30)/t10?,11?,18-/m1/s1. The van der Waals surface area contributed by atoms with Crippen molar-refractivity contribution < 1.29 is 28.2 Å². The van der Waals surface area contributed by atoms with Gasteiger partial charge in [-0.3, -0.25) is 9.79 Å². The first-order valence-electron chi connectivity index (χ1n) is 10.2. The van der Waals surface area contributed by atoms with Crippen LogP contribution in [0.4, 0.5) is 8.78 Å². The lowest BCUT2D eigenvalue weighted by Gasteiger charge is -2.34. The summed E-state index contributed by atoms with van der Waals surface area (Å²) >= 11 is 4.45. The largest absolute Gasteiger partial charge is 0.481 e. The zero-order valence-corrected chi connectivity index (χ0v) is 19.9. The van der Waals surface area contributed by atoms with E-state index in [0.29, 0.717) is 42.2 Å². The lowest BCUT2D eigenvalue weighted by atomic mass is 9.78. The van der Waals surface area contributed by atoms with E-state index in [1.165, 1.54) is 24.5 Å². The van der Waals surface area contributed by atoms with Crippen molar-refractivity contribution in [2.45, 2.75) is 31.7 Å². The molecule has 2 aromatic rings. The van der Waals surface area contributed by atoms with Crippen LogP contribution in [0.25, 0.3) is 0 Å². The molecule has 0 bridgehead atoms. The summed E-state index contributed by atoms with van der Waals surface area (Å²) in [6, 6.07) is 1.39. The first-order chi connectivity index (χ1) is 15.8. The van der Waals surface area contributed by atoms with Gasteiger partial charge in [-0.15, -0.1) is 11.3 Å². The number of carbonyl (C=O) groups is 2. The summed E-state index contributed by atoms with van der Waals surface area (Å²) in [5, 5.41) is 14.9. The fourth-order valence-electron chi connectivity index (χ4n) is 4.28. The number of thiazole rings is 1. The van der Waals surface area contributed by atoms with Gasteiger partial charge in [-0.05, 0) is 59.2 Å². The van der Waals surface area contributed by atoms with Crippen molar-refractivity contribution in [3.63, 3.8) is 0 Å². The maximum absolute atomic E-state index is 14.4. The number of methoxy groups -OCH3 is 1. The van der Waals surface area contributed by atoms with Gasteiger partial charge >= 0.3 is 11.9 Å². The summed E-state index contributed by atoms with van der Waals surface area (Å²) in [4.78, 5) is 33.3. The molecule has 0 radical (unpaired) electrons. The third kappa shape index (κ3) is 4.56. The van der Waals surface area contributed by atoms with Gasteiger partial charge in [0.2, 0.25) is 0 Å². The molecule has 0 spiro atoms. The Morgan fingerprint density at radius 3 is 2.58 bits per heavy atom. The van der Waals surface area contributed by atoms with Crippen LogP contribution >= 0.6 is 27.3 Å². The zero-order chi connectivity index (χ0) is 23.7.